The Bertz CT molecular complexity index is 723. The number of nitrogens with one attached hydrogen (secondary N) is 1. The molecule has 1 unspecified atom stereocenters. The Hall–Kier alpha value is -1.19. The monoisotopic (exact) mass is 325 g/mol. The number of aromatic nitrogens is 1. The molecule has 1 atom stereocenters. The van der Waals surface area contributed by atoms with E-state index in [0.29, 0.717) is 22.9 Å². The molecule has 0 bridgehead atoms. The first kappa shape index (κ1) is 14.7. The fraction of sp³-hybridized carbons (Fsp3) is 0.438. The Morgan fingerprint density at radius 1 is 1.38 bits per heavy atom. The second-order valence-electron chi connectivity index (χ2n) is 5.75. The molecule has 2 N–H and O–H groups in total. The predicted molar refractivity (Wildman–Crippen MR) is 85.5 cm³/mol. The summed E-state index contributed by atoms with van der Waals surface area (Å²) in [5.41, 5.74) is 1.75. The van der Waals surface area contributed by atoms with Crippen LogP contribution in [-0.2, 0) is 16.6 Å². The fourth-order valence-electron chi connectivity index (χ4n) is 3.64. The minimum atomic E-state index is -0.839. The molecule has 1 aliphatic carbocycles. The van der Waals surface area contributed by atoms with Crippen molar-refractivity contribution in [1.29, 1.82) is 0 Å². The Morgan fingerprint density at radius 3 is 2.76 bits per heavy atom. The van der Waals surface area contributed by atoms with Gasteiger partial charge < -0.3 is 10.1 Å². The number of hydrogen-bond donors (Lipinski definition) is 2. The maximum atomic E-state index is 12.0. The van der Waals surface area contributed by atoms with Crippen LogP contribution in [0.15, 0.2) is 12.1 Å². The molecule has 1 heterocycles. The molecule has 0 aliphatic heterocycles. The number of halogens is 2. The second kappa shape index (κ2) is 5.22. The number of aliphatic carboxylic acids is 1. The van der Waals surface area contributed by atoms with Gasteiger partial charge in [-0.2, -0.15) is 0 Å². The SMILES string of the molecule is CCCC1(C(=O)O)CCCc2c1[nH]c1c(Cl)ccc(Cl)c21. The number of aryl methyl sites for hydroxylation is 1. The van der Waals surface area contributed by atoms with Crippen LogP contribution in [0.1, 0.15) is 43.9 Å². The topological polar surface area (TPSA) is 53.1 Å². The Balaban J connectivity index is 2.34. The normalized spacial score (nSPS) is 21.5. The molecule has 0 radical (unpaired) electrons. The fourth-order valence-corrected chi connectivity index (χ4v) is 4.12. The highest BCUT2D eigenvalue weighted by molar-refractivity contribution is 6.40. The van der Waals surface area contributed by atoms with Crippen molar-refractivity contribution >= 4 is 40.1 Å². The van der Waals surface area contributed by atoms with Gasteiger partial charge >= 0.3 is 5.97 Å². The molecule has 21 heavy (non-hydrogen) atoms. The van der Waals surface area contributed by atoms with Gasteiger partial charge in [-0.1, -0.05) is 36.5 Å². The molecule has 5 heteroatoms. The van der Waals surface area contributed by atoms with E-state index in [1.165, 1.54) is 0 Å². The Morgan fingerprint density at radius 2 is 2.10 bits per heavy atom. The van der Waals surface area contributed by atoms with E-state index in [1.807, 2.05) is 6.92 Å². The quantitative estimate of drug-likeness (QED) is 0.840. The average Bonchev–Trinajstić information content (AvgIpc) is 2.85. The van der Waals surface area contributed by atoms with E-state index in [0.717, 1.165) is 41.4 Å². The zero-order chi connectivity index (χ0) is 15.2. The summed E-state index contributed by atoms with van der Waals surface area (Å²) in [4.78, 5) is 15.3. The highest BCUT2D eigenvalue weighted by Gasteiger charge is 2.45. The third-order valence-electron chi connectivity index (χ3n) is 4.55. The van der Waals surface area contributed by atoms with E-state index in [2.05, 4.69) is 4.98 Å². The van der Waals surface area contributed by atoms with Crippen molar-refractivity contribution in [2.45, 2.75) is 44.4 Å². The van der Waals surface area contributed by atoms with Gasteiger partial charge in [0, 0.05) is 11.1 Å². The first-order valence-corrected chi connectivity index (χ1v) is 7.99. The molecule has 0 saturated heterocycles. The van der Waals surface area contributed by atoms with Crippen LogP contribution in [0.2, 0.25) is 10.0 Å². The van der Waals surface area contributed by atoms with Crippen molar-refractivity contribution in [2.24, 2.45) is 0 Å². The molecule has 2 aromatic rings. The first-order chi connectivity index (χ1) is 10.0. The third-order valence-corrected chi connectivity index (χ3v) is 5.18. The highest BCUT2D eigenvalue weighted by Crippen LogP contribution is 2.46. The van der Waals surface area contributed by atoms with E-state index >= 15 is 0 Å². The number of aromatic amines is 1. The maximum absolute atomic E-state index is 12.0. The molecule has 1 aliphatic rings. The summed E-state index contributed by atoms with van der Waals surface area (Å²) in [5, 5.41) is 11.9. The van der Waals surface area contributed by atoms with Gasteiger partial charge in [-0.05, 0) is 43.4 Å². The molecular formula is C16H17Cl2NO2. The lowest BCUT2D eigenvalue weighted by molar-refractivity contribution is -0.145. The lowest BCUT2D eigenvalue weighted by Gasteiger charge is -2.33. The van der Waals surface area contributed by atoms with Gasteiger partial charge in [-0.3, -0.25) is 4.79 Å². The van der Waals surface area contributed by atoms with E-state index in [-0.39, 0.29) is 0 Å². The molecule has 1 aromatic heterocycles. The summed E-state index contributed by atoms with van der Waals surface area (Å²) < 4.78 is 0. The number of benzene rings is 1. The van der Waals surface area contributed by atoms with Crippen molar-refractivity contribution < 1.29 is 9.90 Å². The lowest BCUT2D eigenvalue weighted by atomic mass is 9.70. The van der Waals surface area contributed by atoms with Gasteiger partial charge in [0.15, 0.2) is 0 Å². The van der Waals surface area contributed by atoms with Gasteiger partial charge in [0.2, 0.25) is 0 Å². The van der Waals surface area contributed by atoms with E-state index < -0.39 is 11.4 Å². The summed E-state index contributed by atoms with van der Waals surface area (Å²) in [6.07, 6.45) is 3.80. The summed E-state index contributed by atoms with van der Waals surface area (Å²) in [7, 11) is 0. The molecule has 3 nitrogen and oxygen atoms in total. The van der Waals surface area contributed by atoms with Crippen LogP contribution in [0, 0.1) is 0 Å². The number of rotatable bonds is 3. The van der Waals surface area contributed by atoms with E-state index in [4.69, 9.17) is 23.2 Å². The van der Waals surface area contributed by atoms with Gasteiger partial charge in [0.05, 0.1) is 15.6 Å². The predicted octanol–water partition coefficient (Wildman–Crippen LogP) is 4.93. The summed E-state index contributed by atoms with van der Waals surface area (Å²) >= 11 is 12.6. The summed E-state index contributed by atoms with van der Waals surface area (Å²) in [6, 6.07) is 3.52. The lowest BCUT2D eigenvalue weighted by Crippen LogP contribution is -2.39. The molecule has 112 valence electrons. The van der Waals surface area contributed by atoms with E-state index in [9.17, 15) is 9.90 Å². The summed E-state index contributed by atoms with van der Waals surface area (Å²) in [6.45, 7) is 2.02. The van der Waals surface area contributed by atoms with Gasteiger partial charge in [-0.15, -0.1) is 0 Å². The number of carbonyl (C=O) groups is 1. The third kappa shape index (κ3) is 2.06. The molecule has 0 amide bonds. The Labute approximate surface area is 133 Å². The Kier molecular flexibility index (Phi) is 3.66. The van der Waals surface area contributed by atoms with Crippen LogP contribution in [0.4, 0.5) is 0 Å². The van der Waals surface area contributed by atoms with Crippen LogP contribution in [0.5, 0.6) is 0 Å². The number of fused-ring (bicyclic) bond motifs is 3. The summed E-state index contributed by atoms with van der Waals surface area (Å²) in [5.74, 6) is -0.760. The first-order valence-electron chi connectivity index (χ1n) is 7.23. The van der Waals surface area contributed by atoms with Crippen LogP contribution in [0.25, 0.3) is 10.9 Å². The minimum Gasteiger partial charge on any atom is -0.481 e. The van der Waals surface area contributed by atoms with Crippen molar-refractivity contribution in [2.75, 3.05) is 0 Å². The van der Waals surface area contributed by atoms with Gasteiger partial charge in [0.25, 0.3) is 0 Å². The zero-order valence-electron chi connectivity index (χ0n) is 11.8. The number of H-pyrrole nitrogens is 1. The largest absolute Gasteiger partial charge is 0.481 e. The highest BCUT2D eigenvalue weighted by atomic mass is 35.5. The van der Waals surface area contributed by atoms with Crippen LogP contribution in [-0.4, -0.2) is 16.1 Å². The molecule has 3 rings (SSSR count). The van der Waals surface area contributed by atoms with E-state index in [1.54, 1.807) is 12.1 Å². The molecular weight excluding hydrogens is 309 g/mol. The van der Waals surface area contributed by atoms with Gasteiger partial charge in [0.1, 0.15) is 5.41 Å². The van der Waals surface area contributed by atoms with Crippen LogP contribution >= 0.6 is 23.2 Å². The van der Waals surface area contributed by atoms with Gasteiger partial charge in [-0.25, -0.2) is 0 Å². The molecule has 0 fully saturated rings. The van der Waals surface area contributed by atoms with Crippen LogP contribution in [0.3, 0.4) is 0 Å². The zero-order valence-corrected chi connectivity index (χ0v) is 13.3. The minimum absolute atomic E-state index is 0.583. The number of carboxylic acid groups (broad SMARTS) is 1. The van der Waals surface area contributed by atoms with Crippen LogP contribution < -0.4 is 0 Å². The molecule has 0 spiro atoms. The smallest absolute Gasteiger partial charge is 0.315 e. The number of hydrogen-bond acceptors (Lipinski definition) is 1. The molecule has 1 aromatic carbocycles. The standard InChI is InChI=1S/C16H17Cl2NO2/c1-2-7-16(15(20)21)8-3-4-9-12-10(17)5-6-11(18)13(12)19-14(9)16/h5-6,19H,2-4,7-8H2,1H3,(H,20,21). The maximum Gasteiger partial charge on any atom is 0.315 e. The molecule has 0 saturated carbocycles. The van der Waals surface area contributed by atoms with Crippen molar-refractivity contribution in [1.82, 2.24) is 4.98 Å². The number of carboxylic acids is 1. The van der Waals surface area contributed by atoms with Crippen molar-refractivity contribution in [3.05, 3.63) is 33.4 Å². The second-order valence-corrected chi connectivity index (χ2v) is 6.56. The van der Waals surface area contributed by atoms with Crippen molar-refractivity contribution in [3.63, 3.8) is 0 Å². The van der Waals surface area contributed by atoms with Crippen molar-refractivity contribution in [3.8, 4) is 0 Å². The average molecular weight is 326 g/mol.